The Morgan fingerprint density at radius 1 is 1.06 bits per heavy atom. The summed E-state index contributed by atoms with van der Waals surface area (Å²) in [5.74, 6) is -0.0168. The minimum absolute atomic E-state index is 0.00167. The van der Waals surface area contributed by atoms with Crippen molar-refractivity contribution in [2.24, 2.45) is 0 Å². The summed E-state index contributed by atoms with van der Waals surface area (Å²) in [7, 11) is 0. The molecule has 0 saturated heterocycles. The van der Waals surface area contributed by atoms with E-state index in [1.165, 1.54) is 11.3 Å². The van der Waals surface area contributed by atoms with Gasteiger partial charge in [-0.2, -0.15) is 0 Å². The highest BCUT2D eigenvalue weighted by Gasteiger charge is 2.30. The van der Waals surface area contributed by atoms with E-state index in [1.807, 2.05) is 65.0 Å². The molecule has 0 atom stereocenters. The standard InChI is InChI=1S/C24H22N4O2S/c1-17-22(31-16-25-17)24(30)26-13-12-20-21(15-26)27(14-18-8-4-2-5-9-18)28(23(20)29)19-10-6-3-7-11-19/h2-11,16H,12-15H2,1H3. The average Bonchev–Trinajstić information content (AvgIpc) is 3.35. The number of para-hydroxylation sites is 1. The predicted octanol–water partition coefficient (Wildman–Crippen LogP) is 3.65. The molecule has 0 unspecified atom stereocenters. The third kappa shape index (κ3) is 3.51. The molecular weight excluding hydrogens is 408 g/mol. The van der Waals surface area contributed by atoms with Gasteiger partial charge in [0.1, 0.15) is 4.88 Å². The van der Waals surface area contributed by atoms with Gasteiger partial charge in [-0.15, -0.1) is 11.3 Å². The van der Waals surface area contributed by atoms with Gasteiger partial charge in [-0.3, -0.25) is 14.3 Å². The molecule has 1 aliphatic rings. The first kappa shape index (κ1) is 19.5. The largest absolute Gasteiger partial charge is 0.332 e. The fourth-order valence-electron chi connectivity index (χ4n) is 4.14. The van der Waals surface area contributed by atoms with Gasteiger partial charge in [0.2, 0.25) is 0 Å². The van der Waals surface area contributed by atoms with Crippen LogP contribution in [-0.2, 0) is 19.5 Å². The van der Waals surface area contributed by atoms with Gasteiger partial charge in [0.15, 0.2) is 0 Å². The summed E-state index contributed by atoms with van der Waals surface area (Å²) in [5.41, 5.74) is 6.09. The number of fused-ring (bicyclic) bond motifs is 1. The van der Waals surface area contributed by atoms with Crippen LogP contribution in [0.15, 0.2) is 71.0 Å². The van der Waals surface area contributed by atoms with E-state index in [0.29, 0.717) is 30.9 Å². The van der Waals surface area contributed by atoms with Crippen molar-refractivity contribution in [1.82, 2.24) is 19.2 Å². The fourth-order valence-corrected chi connectivity index (χ4v) is 4.91. The van der Waals surface area contributed by atoms with Crippen LogP contribution in [0.25, 0.3) is 5.69 Å². The minimum Gasteiger partial charge on any atom is -0.332 e. The van der Waals surface area contributed by atoms with Crippen molar-refractivity contribution >= 4 is 17.2 Å². The van der Waals surface area contributed by atoms with Crippen molar-refractivity contribution in [3.05, 3.63) is 104 Å². The van der Waals surface area contributed by atoms with E-state index in [0.717, 1.165) is 28.2 Å². The Hall–Kier alpha value is -3.45. The fraction of sp³-hybridized carbons (Fsp3) is 0.208. The molecule has 3 heterocycles. The molecule has 6 nitrogen and oxygen atoms in total. The number of rotatable bonds is 4. The zero-order valence-electron chi connectivity index (χ0n) is 17.2. The summed E-state index contributed by atoms with van der Waals surface area (Å²) in [6.45, 7) is 3.36. The molecule has 0 saturated carbocycles. The van der Waals surface area contributed by atoms with Crippen LogP contribution in [0.5, 0.6) is 0 Å². The molecular formula is C24H22N4O2S. The van der Waals surface area contributed by atoms with Gasteiger partial charge in [0.05, 0.1) is 35.7 Å². The molecule has 0 fully saturated rings. The van der Waals surface area contributed by atoms with E-state index in [-0.39, 0.29) is 11.5 Å². The molecule has 1 amide bonds. The number of hydrogen-bond donors (Lipinski definition) is 0. The SMILES string of the molecule is Cc1ncsc1C(=O)N1CCc2c(n(Cc3ccccc3)n(-c3ccccc3)c2=O)C1. The first-order valence-corrected chi connectivity index (χ1v) is 11.1. The van der Waals surface area contributed by atoms with Gasteiger partial charge in [-0.05, 0) is 31.0 Å². The Morgan fingerprint density at radius 2 is 1.77 bits per heavy atom. The molecule has 2 aromatic heterocycles. The van der Waals surface area contributed by atoms with Gasteiger partial charge in [-0.25, -0.2) is 9.67 Å². The molecule has 0 aliphatic carbocycles. The lowest BCUT2D eigenvalue weighted by atomic mass is 10.1. The number of hydrogen-bond acceptors (Lipinski definition) is 4. The third-order valence-electron chi connectivity index (χ3n) is 5.73. The molecule has 2 aromatic carbocycles. The summed E-state index contributed by atoms with van der Waals surface area (Å²) < 4.78 is 3.78. The van der Waals surface area contributed by atoms with E-state index >= 15 is 0 Å². The first-order chi connectivity index (χ1) is 15.1. The van der Waals surface area contributed by atoms with Crippen molar-refractivity contribution in [3.63, 3.8) is 0 Å². The zero-order chi connectivity index (χ0) is 21.4. The Balaban J connectivity index is 1.60. The highest BCUT2D eigenvalue weighted by molar-refractivity contribution is 7.11. The number of benzene rings is 2. The molecule has 0 radical (unpaired) electrons. The molecule has 0 bridgehead atoms. The highest BCUT2D eigenvalue weighted by atomic mass is 32.1. The van der Waals surface area contributed by atoms with Crippen molar-refractivity contribution in [3.8, 4) is 5.69 Å². The third-order valence-corrected chi connectivity index (χ3v) is 6.64. The minimum atomic E-state index is -0.0168. The highest BCUT2D eigenvalue weighted by Crippen LogP contribution is 2.24. The summed E-state index contributed by atoms with van der Waals surface area (Å²) in [6.07, 6.45) is 0.548. The van der Waals surface area contributed by atoms with E-state index in [1.54, 1.807) is 10.2 Å². The number of thiazole rings is 1. The van der Waals surface area contributed by atoms with Crippen molar-refractivity contribution in [2.75, 3.05) is 6.54 Å². The number of carbonyl (C=O) groups excluding carboxylic acids is 1. The van der Waals surface area contributed by atoms with Gasteiger partial charge in [0.25, 0.3) is 11.5 Å². The molecule has 0 spiro atoms. The number of carbonyl (C=O) groups is 1. The molecule has 31 heavy (non-hydrogen) atoms. The van der Waals surface area contributed by atoms with E-state index in [2.05, 4.69) is 17.1 Å². The summed E-state index contributed by atoms with van der Waals surface area (Å²) in [4.78, 5) is 33.3. The second-order valence-corrected chi connectivity index (χ2v) is 8.52. The van der Waals surface area contributed by atoms with Gasteiger partial charge in [-0.1, -0.05) is 48.5 Å². The second-order valence-electron chi connectivity index (χ2n) is 7.66. The van der Waals surface area contributed by atoms with Crippen LogP contribution in [0, 0.1) is 6.92 Å². The lowest BCUT2D eigenvalue weighted by Crippen LogP contribution is -2.37. The lowest BCUT2D eigenvalue weighted by molar-refractivity contribution is 0.0733. The first-order valence-electron chi connectivity index (χ1n) is 10.3. The van der Waals surface area contributed by atoms with Gasteiger partial charge < -0.3 is 4.90 Å². The molecule has 0 N–H and O–H groups in total. The summed E-state index contributed by atoms with van der Waals surface area (Å²) in [6, 6.07) is 19.8. The molecule has 1 aliphatic heterocycles. The number of aromatic nitrogens is 3. The number of amides is 1. The Kier molecular flexibility index (Phi) is 5.03. The van der Waals surface area contributed by atoms with Crippen LogP contribution in [0.3, 0.4) is 0 Å². The van der Waals surface area contributed by atoms with Crippen LogP contribution in [0.1, 0.15) is 32.2 Å². The van der Waals surface area contributed by atoms with Crippen molar-refractivity contribution in [2.45, 2.75) is 26.4 Å². The van der Waals surface area contributed by atoms with E-state index < -0.39 is 0 Å². The summed E-state index contributed by atoms with van der Waals surface area (Å²) in [5, 5.41) is 0. The van der Waals surface area contributed by atoms with Crippen LogP contribution >= 0.6 is 11.3 Å². The molecule has 4 aromatic rings. The quantitative estimate of drug-likeness (QED) is 0.497. The Morgan fingerprint density at radius 3 is 2.45 bits per heavy atom. The van der Waals surface area contributed by atoms with Crippen LogP contribution in [0.4, 0.5) is 0 Å². The average molecular weight is 431 g/mol. The lowest BCUT2D eigenvalue weighted by Gasteiger charge is -2.27. The van der Waals surface area contributed by atoms with Gasteiger partial charge in [0, 0.05) is 12.1 Å². The maximum atomic E-state index is 13.4. The maximum absolute atomic E-state index is 13.4. The van der Waals surface area contributed by atoms with Crippen LogP contribution < -0.4 is 5.56 Å². The molecule has 156 valence electrons. The van der Waals surface area contributed by atoms with Gasteiger partial charge >= 0.3 is 0 Å². The molecule has 7 heteroatoms. The maximum Gasteiger partial charge on any atom is 0.275 e. The zero-order valence-corrected chi connectivity index (χ0v) is 18.0. The van der Waals surface area contributed by atoms with E-state index in [9.17, 15) is 9.59 Å². The van der Waals surface area contributed by atoms with E-state index in [4.69, 9.17) is 0 Å². The number of aryl methyl sites for hydroxylation is 1. The Bertz CT molecular complexity index is 1290. The second kappa shape index (κ2) is 8.00. The summed E-state index contributed by atoms with van der Waals surface area (Å²) >= 11 is 1.37. The monoisotopic (exact) mass is 430 g/mol. The molecule has 5 rings (SSSR count). The topological polar surface area (TPSA) is 60.1 Å². The number of nitrogens with zero attached hydrogens (tertiary/aromatic N) is 4. The van der Waals surface area contributed by atoms with Crippen LogP contribution in [-0.4, -0.2) is 31.7 Å². The van der Waals surface area contributed by atoms with Crippen molar-refractivity contribution < 1.29 is 4.79 Å². The normalized spacial score (nSPS) is 13.3. The smallest absolute Gasteiger partial charge is 0.275 e. The predicted molar refractivity (Wildman–Crippen MR) is 121 cm³/mol. The van der Waals surface area contributed by atoms with Crippen molar-refractivity contribution in [1.29, 1.82) is 0 Å². The van der Waals surface area contributed by atoms with Crippen LogP contribution in [0.2, 0.25) is 0 Å². The Labute approximate surface area is 184 Å².